The normalized spacial score (nSPS) is 13.1. The van der Waals surface area contributed by atoms with Gasteiger partial charge in [-0.25, -0.2) is 0 Å². The maximum Gasteiger partial charge on any atom is 0.310 e. The van der Waals surface area contributed by atoms with Gasteiger partial charge in [0.15, 0.2) is 5.96 Å². The van der Waals surface area contributed by atoms with E-state index in [-0.39, 0.29) is 11.9 Å². The molecule has 0 aromatic heterocycles. The molecule has 0 amide bonds. The zero-order valence-corrected chi connectivity index (χ0v) is 14.6. The molecule has 7 heteroatoms. The molecule has 0 bridgehead atoms. The van der Waals surface area contributed by atoms with E-state index in [1.807, 2.05) is 13.8 Å². The summed E-state index contributed by atoms with van der Waals surface area (Å²) in [5.41, 5.74) is 0. The van der Waals surface area contributed by atoms with Gasteiger partial charge in [-0.3, -0.25) is 9.79 Å². The van der Waals surface area contributed by atoms with Crippen LogP contribution < -0.4 is 10.6 Å². The van der Waals surface area contributed by atoms with Crippen molar-refractivity contribution in [2.45, 2.75) is 20.3 Å². The summed E-state index contributed by atoms with van der Waals surface area (Å²) in [6.07, 6.45) is 1.03. The van der Waals surface area contributed by atoms with Gasteiger partial charge in [-0.05, 0) is 20.4 Å². The van der Waals surface area contributed by atoms with Crippen LogP contribution in [0.1, 0.15) is 20.3 Å². The van der Waals surface area contributed by atoms with Gasteiger partial charge in [0.05, 0.1) is 19.6 Å². The van der Waals surface area contributed by atoms with Crippen LogP contribution in [0, 0.1) is 5.92 Å². The number of guanidine groups is 1. The molecular formula is C15H32N4O3. The van der Waals surface area contributed by atoms with Crippen LogP contribution in [0.5, 0.6) is 0 Å². The average Bonchev–Trinajstić information content (AvgIpc) is 2.51. The van der Waals surface area contributed by atoms with Crippen molar-refractivity contribution < 1.29 is 14.3 Å². The monoisotopic (exact) mass is 316 g/mol. The maximum atomic E-state index is 11.4. The fourth-order valence-electron chi connectivity index (χ4n) is 1.80. The highest BCUT2D eigenvalue weighted by Gasteiger charge is 2.12. The number of esters is 1. The van der Waals surface area contributed by atoms with E-state index in [1.165, 1.54) is 7.11 Å². The molecule has 1 atom stereocenters. The van der Waals surface area contributed by atoms with E-state index >= 15 is 0 Å². The van der Waals surface area contributed by atoms with Gasteiger partial charge in [0.25, 0.3) is 0 Å². The Bertz CT molecular complexity index is 324. The molecule has 0 spiro atoms. The highest BCUT2D eigenvalue weighted by molar-refractivity contribution is 5.80. The minimum atomic E-state index is -0.239. The fraction of sp³-hybridized carbons (Fsp3) is 0.867. The first-order valence-electron chi connectivity index (χ1n) is 7.82. The van der Waals surface area contributed by atoms with Crippen molar-refractivity contribution in [3.63, 3.8) is 0 Å². The molecule has 0 fully saturated rings. The number of carbonyl (C=O) groups excluding carboxylic acids is 1. The Morgan fingerprint density at radius 1 is 1.27 bits per heavy atom. The molecule has 0 heterocycles. The molecule has 0 aliphatic heterocycles. The van der Waals surface area contributed by atoms with Gasteiger partial charge < -0.3 is 25.0 Å². The molecule has 0 aliphatic carbocycles. The molecule has 0 rings (SSSR count). The summed E-state index contributed by atoms with van der Waals surface area (Å²) in [7, 11) is 5.20. The quantitative estimate of drug-likeness (QED) is 0.247. The van der Waals surface area contributed by atoms with Crippen LogP contribution >= 0.6 is 0 Å². The Morgan fingerprint density at radius 2 is 2.00 bits per heavy atom. The van der Waals surface area contributed by atoms with Crippen LogP contribution in [0.4, 0.5) is 0 Å². The average molecular weight is 316 g/mol. The molecule has 7 nitrogen and oxygen atoms in total. The van der Waals surface area contributed by atoms with Crippen molar-refractivity contribution in [2.24, 2.45) is 10.9 Å². The summed E-state index contributed by atoms with van der Waals surface area (Å²) >= 11 is 0. The van der Waals surface area contributed by atoms with Crippen LogP contribution in [0.3, 0.4) is 0 Å². The number of methoxy groups -OCH3 is 2. The van der Waals surface area contributed by atoms with E-state index in [1.54, 1.807) is 7.11 Å². The number of aliphatic imine (C=N–C) groups is 1. The number of hydrogen-bond donors (Lipinski definition) is 2. The second-order valence-electron chi connectivity index (χ2n) is 5.22. The van der Waals surface area contributed by atoms with Crippen LogP contribution in [-0.2, 0) is 14.3 Å². The lowest BCUT2D eigenvalue weighted by atomic mass is 10.2. The smallest absolute Gasteiger partial charge is 0.310 e. The fourth-order valence-corrected chi connectivity index (χ4v) is 1.80. The predicted octanol–water partition coefficient (Wildman–Crippen LogP) is 0.319. The summed E-state index contributed by atoms with van der Waals surface area (Å²) in [4.78, 5) is 18.0. The number of carbonyl (C=O) groups is 1. The van der Waals surface area contributed by atoms with Gasteiger partial charge in [0, 0.05) is 39.9 Å². The minimum absolute atomic E-state index is 0.238. The Morgan fingerprint density at radius 3 is 2.59 bits per heavy atom. The van der Waals surface area contributed by atoms with Gasteiger partial charge in [-0.1, -0.05) is 6.92 Å². The summed E-state index contributed by atoms with van der Waals surface area (Å²) < 4.78 is 9.74. The van der Waals surface area contributed by atoms with Crippen molar-refractivity contribution in [2.75, 3.05) is 60.6 Å². The molecule has 1 unspecified atom stereocenters. The summed E-state index contributed by atoms with van der Waals surface area (Å²) in [5.74, 6) is 0.248. The highest BCUT2D eigenvalue weighted by atomic mass is 16.5. The Balaban J connectivity index is 4.10. The standard InChI is InChI=1S/C15H32N4O3/c1-6-16-15(18-12-13(2)14(20)22-5)17-8-10-19(3)9-7-11-21-4/h13H,6-12H2,1-5H3,(H2,16,17,18). The second kappa shape index (κ2) is 13.3. The predicted molar refractivity (Wildman–Crippen MR) is 89.2 cm³/mol. The van der Waals surface area contributed by atoms with Crippen molar-refractivity contribution in [3.05, 3.63) is 0 Å². The third kappa shape index (κ3) is 10.4. The molecule has 0 aliphatic rings. The van der Waals surface area contributed by atoms with Gasteiger partial charge >= 0.3 is 5.97 Å². The van der Waals surface area contributed by atoms with E-state index < -0.39 is 0 Å². The van der Waals surface area contributed by atoms with Gasteiger partial charge in [0.2, 0.25) is 0 Å². The Hall–Kier alpha value is -1.34. The van der Waals surface area contributed by atoms with Crippen molar-refractivity contribution in [1.29, 1.82) is 0 Å². The molecule has 0 aromatic rings. The van der Waals surface area contributed by atoms with Gasteiger partial charge in [-0.15, -0.1) is 0 Å². The summed E-state index contributed by atoms with van der Waals surface area (Å²) in [5, 5.41) is 6.44. The number of hydrogen-bond acceptors (Lipinski definition) is 5. The number of likely N-dealkylation sites (N-methyl/N-ethyl adjacent to an activating group) is 1. The molecule has 130 valence electrons. The number of ether oxygens (including phenoxy) is 2. The van der Waals surface area contributed by atoms with Crippen molar-refractivity contribution in [1.82, 2.24) is 15.5 Å². The second-order valence-corrected chi connectivity index (χ2v) is 5.22. The van der Waals surface area contributed by atoms with Crippen LogP contribution in [0.25, 0.3) is 0 Å². The third-order valence-electron chi connectivity index (χ3n) is 3.15. The van der Waals surface area contributed by atoms with Crippen LogP contribution in [-0.4, -0.2) is 77.4 Å². The summed E-state index contributed by atoms with van der Waals surface area (Å²) in [6.45, 7) is 8.51. The lowest BCUT2D eigenvalue weighted by Crippen LogP contribution is -2.41. The minimum Gasteiger partial charge on any atom is -0.469 e. The molecule has 0 saturated heterocycles. The van der Waals surface area contributed by atoms with E-state index in [0.717, 1.165) is 45.2 Å². The molecule has 2 N–H and O–H groups in total. The van der Waals surface area contributed by atoms with Crippen molar-refractivity contribution >= 4 is 11.9 Å². The lowest BCUT2D eigenvalue weighted by molar-refractivity contribution is -0.144. The molecular weight excluding hydrogens is 284 g/mol. The highest BCUT2D eigenvalue weighted by Crippen LogP contribution is 1.97. The topological polar surface area (TPSA) is 75.2 Å². The third-order valence-corrected chi connectivity index (χ3v) is 3.15. The summed E-state index contributed by atoms with van der Waals surface area (Å²) in [6, 6.07) is 0. The molecule has 0 radical (unpaired) electrons. The van der Waals surface area contributed by atoms with E-state index in [2.05, 4.69) is 27.6 Å². The molecule has 0 saturated carbocycles. The molecule has 22 heavy (non-hydrogen) atoms. The van der Waals surface area contributed by atoms with E-state index in [9.17, 15) is 4.79 Å². The molecule has 0 aromatic carbocycles. The first kappa shape index (κ1) is 20.7. The Kier molecular flexibility index (Phi) is 12.5. The first-order chi connectivity index (χ1) is 10.5. The lowest BCUT2D eigenvalue weighted by Gasteiger charge is -2.18. The largest absolute Gasteiger partial charge is 0.469 e. The zero-order chi connectivity index (χ0) is 16.8. The van der Waals surface area contributed by atoms with Crippen molar-refractivity contribution in [3.8, 4) is 0 Å². The van der Waals surface area contributed by atoms with Gasteiger partial charge in [0.1, 0.15) is 0 Å². The van der Waals surface area contributed by atoms with E-state index in [4.69, 9.17) is 9.47 Å². The number of nitrogens with zero attached hydrogens (tertiary/aromatic N) is 2. The zero-order valence-electron chi connectivity index (χ0n) is 14.6. The number of rotatable bonds is 11. The first-order valence-corrected chi connectivity index (χ1v) is 7.82. The Labute approximate surface area is 134 Å². The van der Waals surface area contributed by atoms with Gasteiger partial charge in [-0.2, -0.15) is 0 Å². The van der Waals surface area contributed by atoms with E-state index in [0.29, 0.717) is 6.54 Å². The van der Waals surface area contributed by atoms with Crippen LogP contribution in [0.2, 0.25) is 0 Å². The van der Waals surface area contributed by atoms with Crippen LogP contribution in [0.15, 0.2) is 4.99 Å². The maximum absolute atomic E-state index is 11.4. The number of nitrogens with one attached hydrogen (secondary N) is 2. The SMILES string of the molecule is CCNC(=NCC(C)C(=O)OC)NCCN(C)CCCOC.